The van der Waals surface area contributed by atoms with Gasteiger partial charge in [-0.05, 0) is 45.2 Å². The van der Waals surface area contributed by atoms with Crippen LogP contribution in [0.5, 0.6) is 11.5 Å². The van der Waals surface area contributed by atoms with Crippen molar-refractivity contribution in [2.24, 2.45) is 0 Å². The van der Waals surface area contributed by atoms with Gasteiger partial charge >= 0.3 is 0 Å². The van der Waals surface area contributed by atoms with Crippen LogP contribution >= 0.6 is 0 Å². The summed E-state index contributed by atoms with van der Waals surface area (Å²) in [4.78, 5) is 15.2. The molecule has 224 valence electrons. The zero-order valence-corrected chi connectivity index (χ0v) is 25.8. The maximum absolute atomic E-state index is 6.55. The van der Waals surface area contributed by atoms with Crippen molar-refractivity contribution in [1.29, 1.82) is 0 Å². The van der Waals surface area contributed by atoms with E-state index in [0.29, 0.717) is 17.5 Å². The molecule has 0 amide bonds. The monoisotopic (exact) mass is 613 g/mol. The van der Waals surface area contributed by atoms with Crippen LogP contribution in [0.2, 0.25) is 0 Å². The molecule has 0 N–H and O–H groups in total. The molecule has 0 radical (unpaired) electrons. The molecule has 4 nitrogen and oxygen atoms in total. The summed E-state index contributed by atoms with van der Waals surface area (Å²) >= 11 is 0. The van der Waals surface area contributed by atoms with Crippen molar-refractivity contribution in [2.75, 3.05) is 0 Å². The fraction of sp³-hybridized carbons (Fsp3) is 0.0227. The fourth-order valence-electron chi connectivity index (χ4n) is 7.76. The minimum absolute atomic E-state index is 0.516. The van der Waals surface area contributed by atoms with E-state index < -0.39 is 5.41 Å². The molecule has 10 rings (SSSR count). The predicted octanol–water partition coefficient (Wildman–Crippen LogP) is 10.5. The first-order valence-corrected chi connectivity index (χ1v) is 16.2. The molecular formula is C44H27N3O. The molecular weight excluding hydrogens is 587 g/mol. The van der Waals surface area contributed by atoms with Crippen molar-refractivity contribution in [3.63, 3.8) is 0 Å². The van der Waals surface area contributed by atoms with Crippen molar-refractivity contribution >= 4 is 10.8 Å². The summed E-state index contributed by atoms with van der Waals surface area (Å²) < 4.78 is 6.55. The van der Waals surface area contributed by atoms with Gasteiger partial charge in [-0.15, -0.1) is 0 Å². The van der Waals surface area contributed by atoms with Crippen LogP contribution in [-0.2, 0) is 5.41 Å². The molecule has 1 aliphatic heterocycles. The van der Waals surface area contributed by atoms with Gasteiger partial charge in [0.25, 0.3) is 0 Å². The number of nitrogens with zero attached hydrogens (tertiary/aromatic N) is 3. The highest BCUT2D eigenvalue weighted by atomic mass is 16.5. The molecule has 2 aliphatic rings. The van der Waals surface area contributed by atoms with Crippen molar-refractivity contribution < 1.29 is 4.74 Å². The van der Waals surface area contributed by atoms with Crippen LogP contribution in [0.3, 0.4) is 0 Å². The zero-order chi connectivity index (χ0) is 31.7. The minimum Gasteiger partial charge on any atom is -0.457 e. The Balaban J connectivity index is 1.18. The number of benzene rings is 7. The van der Waals surface area contributed by atoms with E-state index in [1.54, 1.807) is 0 Å². The molecule has 0 spiro atoms. The van der Waals surface area contributed by atoms with Crippen LogP contribution in [0.4, 0.5) is 0 Å². The molecule has 0 saturated carbocycles. The third kappa shape index (κ3) is 3.80. The van der Waals surface area contributed by atoms with E-state index in [9.17, 15) is 0 Å². The highest BCUT2D eigenvalue weighted by Gasteiger charge is 2.51. The average molecular weight is 614 g/mol. The second-order valence-electron chi connectivity index (χ2n) is 12.3. The number of fused-ring (bicyclic) bond motifs is 6. The van der Waals surface area contributed by atoms with Crippen molar-refractivity contribution in [2.45, 2.75) is 5.41 Å². The molecule has 1 atom stereocenters. The van der Waals surface area contributed by atoms with E-state index in [1.807, 2.05) is 36.4 Å². The Morgan fingerprint density at radius 2 is 0.979 bits per heavy atom. The third-order valence-electron chi connectivity index (χ3n) is 9.81. The lowest BCUT2D eigenvalue weighted by Gasteiger charge is -2.39. The van der Waals surface area contributed by atoms with Gasteiger partial charge in [0.1, 0.15) is 11.5 Å². The van der Waals surface area contributed by atoms with Crippen LogP contribution in [0, 0.1) is 0 Å². The summed E-state index contributed by atoms with van der Waals surface area (Å²) in [5.41, 5.74) is 9.57. The molecule has 48 heavy (non-hydrogen) atoms. The Bertz CT molecular complexity index is 2540. The van der Waals surface area contributed by atoms with Crippen LogP contribution in [0.15, 0.2) is 164 Å². The normalized spacial score (nSPS) is 15.3. The van der Waals surface area contributed by atoms with Gasteiger partial charge < -0.3 is 4.74 Å². The SMILES string of the molecule is c1ccc(-c2nc(-c3ccc(C45c6ccccc6Oc6cccc(c64)-c4ccccc45)cc3)nc(-c3cccc4ccccc34)n2)cc1. The van der Waals surface area contributed by atoms with Gasteiger partial charge in [0, 0.05) is 27.8 Å². The largest absolute Gasteiger partial charge is 0.457 e. The minimum atomic E-state index is -0.516. The zero-order valence-electron chi connectivity index (χ0n) is 25.8. The van der Waals surface area contributed by atoms with E-state index in [0.717, 1.165) is 44.5 Å². The van der Waals surface area contributed by atoms with Gasteiger partial charge in [0.15, 0.2) is 17.5 Å². The third-order valence-corrected chi connectivity index (χ3v) is 9.81. The first-order chi connectivity index (χ1) is 23.8. The highest BCUT2D eigenvalue weighted by Crippen LogP contribution is 2.63. The maximum Gasteiger partial charge on any atom is 0.164 e. The number of rotatable bonds is 4. The van der Waals surface area contributed by atoms with Gasteiger partial charge in [-0.1, -0.05) is 152 Å². The summed E-state index contributed by atoms with van der Waals surface area (Å²) in [7, 11) is 0. The number of hydrogen-bond donors (Lipinski definition) is 0. The van der Waals surface area contributed by atoms with Crippen molar-refractivity contribution in [1.82, 2.24) is 15.0 Å². The molecule has 1 aromatic heterocycles. The topological polar surface area (TPSA) is 47.9 Å². The lowest BCUT2D eigenvalue weighted by molar-refractivity contribution is 0.438. The Morgan fingerprint density at radius 3 is 1.83 bits per heavy atom. The van der Waals surface area contributed by atoms with Gasteiger partial charge in [-0.3, -0.25) is 0 Å². The smallest absolute Gasteiger partial charge is 0.164 e. The number of para-hydroxylation sites is 1. The standard InChI is InChI=1S/C44H27N3O/c1-2-13-29(14-3-1)41-45-42(47-43(46-41)35-19-10-15-28-12-4-5-16-32(28)35)30-24-26-31(27-25-30)44-36-20-7-6-17-33(36)34-18-11-23-39(40(34)44)48-38-22-9-8-21-37(38)44/h1-27H. The van der Waals surface area contributed by atoms with E-state index in [2.05, 4.69) is 127 Å². The molecule has 2 heterocycles. The fourth-order valence-corrected chi connectivity index (χ4v) is 7.76. The summed E-state index contributed by atoms with van der Waals surface area (Å²) in [6, 6.07) is 57.2. The molecule has 0 saturated heterocycles. The maximum atomic E-state index is 6.55. The molecule has 8 aromatic rings. The quantitative estimate of drug-likeness (QED) is 0.198. The van der Waals surface area contributed by atoms with Crippen LogP contribution in [0.25, 0.3) is 56.1 Å². The summed E-state index contributed by atoms with van der Waals surface area (Å²) in [5.74, 6) is 3.72. The molecule has 0 fully saturated rings. The molecule has 1 aliphatic carbocycles. The summed E-state index contributed by atoms with van der Waals surface area (Å²) in [6.07, 6.45) is 0. The Morgan fingerprint density at radius 1 is 0.396 bits per heavy atom. The van der Waals surface area contributed by atoms with Gasteiger partial charge in [0.2, 0.25) is 0 Å². The number of hydrogen-bond acceptors (Lipinski definition) is 4. The second-order valence-corrected chi connectivity index (χ2v) is 12.3. The Labute approximate surface area is 278 Å². The van der Waals surface area contributed by atoms with Crippen LogP contribution < -0.4 is 4.74 Å². The van der Waals surface area contributed by atoms with E-state index >= 15 is 0 Å². The summed E-state index contributed by atoms with van der Waals surface area (Å²) in [5, 5.41) is 2.26. The number of aromatic nitrogens is 3. The van der Waals surface area contributed by atoms with E-state index in [-0.39, 0.29) is 0 Å². The molecule has 4 heteroatoms. The first-order valence-electron chi connectivity index (χ1n) is 16.2. The lowest BCUT2D eigenvalue weighted by atomic mass is 9.66. The number of ether oxygens (including phenoxy) is 1. The Kier molecular flexibility index (Phi) is 5.75. The Hall–Kier alpha value is -6.39. The van der Waals surface area contributed by atoms with Crippen molar-refractivity contribution in [3.8, 4) is 56.8 Å². The predicted molar refractivity (Wildman–Crippen MR) is 191 cm³/mol. The van der Waals surface area contributed by atoms with Crippen LogP contribution in [0.1, 0.15) is 22.3 Å². The molecule has 0 bridgehead atoms. The summed E-state index contributed by atoms with van der Waals surface area (Å²) in [6.45, 7) is 0. The lowest BCUT2D eigenvalue weighted by Crippen LogP contribution is -2.31. The van der Waals surface area contributed by atoms with Gasteiger partial charge in [-0.2, -0.15) is 0 Å². The molecule has 7 aromatic carbocycles. The van der Waals surface area contributed by atoms with Crippen molar-refractivity contribution in [3.05, 3.63) is 186 Å². The first kappa shape index (κ1) is 26.8. The van der Waals surface area contributed by atoms with E-state index in [4.69, 9.17) is 19.7 Å². The van der Waals surface area contributed by atoms with Gasteiger partial charge in [-0.25, -0.2) is 15.0 Å². The molecule has 1 unspecified atom stereocenters. The second kappa shape index (κ2) is 10.3. The van der Waals surface area contributed by atoms with Crippen LogP contribution in [-0.4, -0.2) is 15.0 Å². The highest BCUT2D eigenvalue weighted by molar-refractivity contribution is 5.95. The van der Waals surface area contributed by atoms with E-state index in [1.165, 1.54) is 27.8 Å². The van der Waals surface area contributed by atoms with Gasteiger partial charge in [0.05, 0.1) is 5.41 Å². The average Bonchev–Trinajstić information content (AvgIpc) is 3.47.